The van der Waals surface area contributed by atoms with Crippen molar-refractivity contribution < 1.29 is 4.39 Å². The van der Waals surface area contributed by atoms with Gasteiger partial charge in [-0.05, 0) is 29.1 Å². The van der Waals surface area contributed by atoms with E-state index in [0.717, 1.165) is 4.88 Å². The average Bonchev–Trinajstić information content (AvgIpc) is 2.67. The van der Waals surface area contributed by atoms with Crippen LogP contribution in [0.25, 0.3) is 0 Å². The highest BCUT2D eigenvalue weighted by molar-refractivity contribution is 7.11. The Labute approximate surface area is 112 Å². The van der Waals surface area contributed by atoms with Crippen LogP contribution in [0.5, 0.6) is 0 Å². The molecule has 0 aliphatic heterocycles. The molecule has 0 fully saturated rings. The molecule has 2 rings (SSSR count). The molecule has 0 saturated heterocycles. The van der Waals surface area contributed by atoms with Gasteiger partial charge in [-0.25, -0.2) is 4.39 Å². The number of rotatable bonds is 2. The molecule has 5 heteroatoms. The summed E-state index contributed by atoms with van der Waals surface area (Å²) in [6.07, 6.45) is 0. The van der Waals surface area contributed by atoms with Crippen LogP contribution < -0.4 is 0 Å². The van der Waals surface area contributed by atoms with Crippen LogP contribution in [0.15, 0.2) is 29.6 Å². The average molecular weight is 296 g/mol. The van der Waals surface area contributed by atoms with Gasteiger partial charge in [-0.1, -0.05) is 29.3 Å². The summed E-state index contributed by atoms with van der Waals surface area (Å²) in [4.78, 5) is 0.810. The Morgan fingerprint density at radius 3 is 2.44 bits per heavy atom. The van der Waals surface area contributed by atoms with E-state index >= 15 is 0 Å². The van der Waals surface area contributed by atoms with E-state index in [4.69, 9.17) is 34.8 Å². The molecule has 0 bridgehead atoms. The van der Waals surface area contributed by atoms with E-state index in [1.165, 1.54) is 23.5 Å². The number of alkyl halides is 1. The van der Waals surface area contributed by atoms with Crippen LogP contribution in [0.2, 0.25) is 10.0 Å². The minimum Gasteiger partial charge on any atom is -0.205 e. The first-order valence-electron chi connectivity index (χ1n) is 4.41. The fourth-order valence-corrected chi connectivity index (χ4v) is 3.06. The summed E-state index contributed by atoms with van der Waals surface area (Å²) >= 11 is 19.2. The molecule has 1 unspecified atom stereocenters. The number of thiophene rings is 1. The topological polar surface area (TPSA) is 0 Å². The molecule has 1 aromatic heterocycles. The fourth-order valence-electron chi connectivity index (χ4n) is 1.31. The lowest BCUT2D eigenvalue weighted by molar-refractivity contribution is 0.626. The zero-order chi connectivity index (χ0) is 11.7. The van der Waals surface area contributed by atoms with Gasteiger partial charge in [0.25, 0.3) is 0 Å². The van der Waals surface area contributed by atoms with E-state index < -0.39 is 11.2 Å². The van der Waals surface area contributed by atoms with Crippen molar-refractivity contribution in [3.8, 4) is 0 Å². The maximum atomic E-state index is 13.3. The number of halogens is 4. The number of hydrogen-bond donors (Lipinski definition) is 0. The highest BCUT2D eigenvalue weighted by Gasteiger charge is 2.16. The monoisotopic (exact) mass is 294 g/mol. The second kappa shape index (κ2) is 4.92. The van der Waals surface area contributed by atoms with Crippen LogP contribution in [-0.2, 0) is 0 Å². The Hall–Kier alpha value is -0.280. The first-order valence-corrected chi connectivity index (χ1v) is 6.48. The van der Waals surface area contributed by atoms with Gasteiger partial charge < -0.3 is 0 Å². The summed E-state index contributed by atoms with van der Waals surface area (Å²) in [5, 5.41) is 2.09. The number of hydrogen-bond acceptors (Lipinski definition) is 1. The lowest BCUT2D eigenvalue weighted by Crippen LogP contribution is -1.92. The first-order chi connectivity index (χ1) is 7.59. The quantitative estimate of drug-likeness (QED) is 0.640. The van der Waals surface area contributed by atoms with Crippen molar-refractivity contribution in [1.82, 2.24) is 0 Å². The van der Waals surface area contributed by atoms with E-state index in [9.17, 15) is 4.39 Å². The lowest BCUT2D eigenvalue weighted by atomic mass is 10.1. The molecular formula is C11H6Cl3FS. The fraction of sp³-hybridized carbons (Fsp3) is 0.0909. The third-order valence-electron chi connectivity index (χ3n) is 2.11. The third kappa shape index (κ3) is 2.35. The van der Waals surface area contributed by atoms with Crippen molar-refractivity contribution in [3.63, 3.8) is 0 Å². The maximum Gasteiger partial charge on any atom is 0.142 e. The minimum atomic E-state index is -0.475. The Bertz CT molecular complexity index is 510. The van der Waals surface area contributed by atoms with Gasteiger partial charge >= 0.3 is 0 Å². The van der Waals surface area contributed by atoms with Gasteiger partial charge in [0.05, 0.1) is 15.4 Å². The van der Waals surface area contributed by atoms with Crippen LogP contribution in [0.1, 0.15) is 15.8 Å². The molecule has 84 valence electrons. The first kappa shape index (κ1) is 12.2. The van der Waals surface area contributed by atoms with Crippen molar-refractivity contribution in [2.45, 2.75) is 5.38 Å². The van der Waals surface area contributed by atoms with Crippen LogP contribution >= 0.6 is 46.1 Å². The van der Waals surface area contributed by atoms with Gasteiger partial charge in [0.15, 0.2) is 0 Å². The van der Waals surface area contributed by atoms with Crippen molar-refractivity contribution in [2.24, 2.45) is 0 Å². The Morgan fingerprint density at radius 1 is 1.12 bits per heavy atom. The van der Waals surface area contributed by atoms with Gasteiger partial charge in [0, 0.05) is 4.88 Å². The van der Waals surface area contributed by atoms with E-state index in [2.05, 4.69) is 0 Å². The van der Waals surface area contributed by atoms with Crippen molar-refractivity contribution >= 4 is 46.1 Å². The number of benzene rings is 1. The predicted molar refractivity (Wildman–Crippen MR) is 68.4 cm³/mol. The standard InChI is InChI=1S/C11H6Cl3FS/c12-7-2-1-6(5-9(7)15)10(14)11-8(13)3-4-16-11/h1-5,10H. The minimum absolute atomic E-state index is 0.0879. The van der Waals surface area contributed by atoms with Crippen LogP contribution in [0.3, 0.4) is 0 Å². The van der Waals surface area contributed by atoms with Crippen molar-refractivity contribution in [3.05, 3.63) is 55.9 Å². The second-order valence-corrected chi connectivity index (χ2v) is 5.37. The Balaban J connectivity index is 2.38. The molecular weight excluding hydrogens is 290 g/mol. The van der Waals surface area contributed by atoms with Gasteiger partial charge in [0.1, 0.15) is 5.82 Å². The summed E-state index contributed by atoms with van der Waals surface area (Å²) in [6, 6.07) is 6.28. The summed E-state index contributed by atoms with van der Waals surface area (Å²) in [7, 11) is 0. The molecule has 0 amide bonds. The lowest BCUT2D eigenvalue weighted by Gasteiger charge is -2.09. The van der Waals surface area contributed by atoms with Gasteiger partial charge in [-0.15, -0.1) is 22.9 Å². The van der Waals surface area contributed by atoms with E-state index in [0.29, 0.717) is 10.6 Å². The normalized spacial score (nSPS) is 12.8. The van der Waals surface area contributed by atoms with Crippen molar-refractivity contribution in [2.75, 3.05) is 0 Å². The van der Waals surface area contributed by atoms with E-state index in [1.54, 1.807) is 12.1 Å². The molecule has 0 nitrogen and oxygen atoms in total. The van der Waals surface area contributed by atoms with Gasteiger partial charge in [0.2, 0.25) is 0 Å². The Kier molecular flexibility index (Phi) is 3.75. The van der Waals surface area contributed by atoms with Crippen LogP contribution in [0.4, 0.5) is 4.39 Å². The predicted octanol–water partition coefficient (Wildman–Crippen LogP) is 5.52. The highest BCUT2D eigenvalue weighted by Crippen LogP contribution is 2.37. The molecule has 1 heterocycles. The van der Waals surface area contributed by atoms with Gasteiger partial charge in [-0.2, -0.15) is 0 Å². The summed E-state index contributed by atoms with van der Waals surface area (Å²) < 4.78 is 13.3. The molecule has 1 atom stereocenters. The third-order valence-corrected chi connectivity index (χ3v) is 4.44. The molecule has 0 aliphatic rings. The second-order valence-electron chi connectivity index (χ2n) is 3.17. The van der Waals surface area contributed by atoms with Gasteiger partial charge in [-0.3, -0.25) is 0 Å². The molecule has 16 heavy (non-hydrogen) atoms. The molecule has 0 saturated carbocycles. The summed E-state index contributed by atoms with van der Waals surface area (Å²) in [6.45, 7) is 0. The van der Waals surface area contributed by atoms with Crippen molar-refractivity contribution in [1.29, 1.82) is 0 Å². The summed E-state index contributed by atoms with van der Waals surface area (Å²) in [5.41, 5.74) is 0.646. The van der Waals surface area contributed by atoms with Crippen LogP contribution in [-0.4, -0.2) is 0 Å². The zero-order valence-corrected chi connectivity index (χ0v) is 11.0. The van der Waals surface area contributed by atoms with E-state index in [1.807, 2.05) is 5.38 Å². The highest BCUT2D eigenvalue weighted by atomic mass is 35.5. The SMILES string of the molecule is Fc1cc(C(Cl)c2sccc2Cl)ccc1Cl. The Morgan fingerprint density at radius 2 is 1.88 bits per heavy atom. The van der Waals surface area contributed by atoms with E-state index in [-0.39, 0.29) is 5.02 Å². The van der Waals surface area contributed by atoms with Crippen LogP contribution in [0, 0.1) is 5.82 Å². The summed E-state index contributed by atoms with van der Waals surface area (Å²) in [5.74, 6) is -0.475. The molecule has 1 aromatic carbocycles. The largest absolute Gasteiger partial charge is 0.205 e. The zero-order valence-electron chi connectivity index (χ0n) is 7.88. The molecule has 0 spiro atoms. The molecule has 0 radical (unpaired) electrons. The molecule has 2 aromatic rings. The molecule has 0 aliphatic carbocycles. The molecule has 0 N–H and O–H groups in total. The smallest absolute Gasteiger partial charge is 0.142 e. The maximum absolute atomic E-state index is 13.3.